The predicted molar refractivity (Wildman–Crippen MR) is 107 cm³/mol. The fourth-order valence-electron chi connectivity index (χ4n) is 3.17. The third kappa shape index (κ3) is 3.64. The minimum atomic E-state index is -0.245. The number of ketones is 1. The number of ether oxygens (including phenoxy) is 3. The van der Waals surface area contributed by atoms with Crippen molar-refractivity contribution < 1.29 is 23.8 Å². The van der Waals surface area contributed by atoms with Crippen molar-refractivity contribution in [2.45, 2.75) is 13.5 Å². The van der Waals surface area contributed by atoms with Crippen LogP contribution in [0.25, 0.3) is 10.9 Å². The summed E-state index contributed by atoms with van der Waals surface area (Å²) in [6, 6.07) is 10.8. The van der Waals surface area contributed by atoms with Crippen LogP contribution in [0.1, 0.15) is 17.3 Å². The molecule has 3 aromatic rings. The van der Waals surface area contributed by atoms with Gasteiger partial charge in [0.2, 0.25) is 11.7 Å². The number of carbonyl (C=O) groups excluding carboxylic acids is 2. The lowest BCUT2D eigenvalue weighted by molar-refractivity contribution is -0.116. The fraction of sp³-hybridized carbons (Fsp3) is 0.238. The van der Waals surface area contributed by atoms with Gasteiger partial charge in [-0.25, -0.2) is 0 Å². The van der Waals surface area contributed by atoms with E-state index in [-0.39, 0.29) is 18.2 Å². The quantitative estimate of drug-likeness (QED) is 0.633. The second-order valence-corrected chi connectivity index (χ2v) is 6.21. The van der Waals surface area contributed by atoms with Crippen LogP contribution in [0.5, 0.6) is 17.2 Å². The number of hydrogen-bond acceptors (Lipinski definition) is 5. The zero-order valence-corrected chi connectivity index (χ0v) is 16.2. The standard InChI is InChI=1S/C21H22N2O5/c1-13(24)16-11-23(17-8-6-5-7-15(16)17)12-20(25)22-14-9-18(26-2)21(28-4)19(10-14)27-3/h5-11H,12H2,1-4H3,(H,22,25). The Hall–Kier alpha value is -3.48. The highest BCUT2D eigenvalue weighted by Gasteiger charge is 2.16. The monoisotopic (exact) mass is 382 g/mol. The Morgan fingerprint density at radius 3 is 2.21 bits per heavy atom. The van der Waals surface area contributed by atoms with Gasteiger partial charge in [-0.15, -0.1) is 0 Å². The molecule has 0 bridgehead atoms. The molecule has 0 spiro atoms. The maximum Gasteiger partial charge on any atom is 0.244 e. The Morgan fingerprint density at radius 1 is 1.00 bits per heavy atom. The zero-order chi connectivity index (χ0) is 20.3. The second kappa shape index (κ2) is 8.04. The lowest BCUT2D eigenvalue weighted by Gasteiger charge is -2.15. The van der Waals surface area contributed by atoms with E-state index >= 15 is 0 Å². The largest absolute Gasteiger partial charge is 0.493 e. The van der Waals surface area contributed by atoms with Crippen molar-refractivity contribution in [1.82, 2.24) is 4.57 Å². The summed E-state index contributed by atoms with van der Waals surface area (Å²) in [5.74, 6) is 1.06. The van der Waals surface area contributed by atoms with E-state index in [2.05, 4.69) is 5.32 Å². The van der Waals surface area contributed by atoms with Gasteiger partial charge in [-0.05, 0) is 13.0 Å². The van der Waals surface area contributed by atoms with Crippen LogP contribution in [0.2, 0.25) is 0 Å². The average Bonchev–Trinajstić information content (AvgIpc) is 3.05. The molecule has 2 aromatic carbocycles. The summed E-state index contributed by atoms with van der Waals surface area (Å²) >= 11 is 0. The number of Topliss-reactive ketones (excluding diaryl/α,β-unsaturated/α-hetero) is 1. The molecule has 7 nitrogen and oxygen atoms in total. The fourth-order valence-corrected chi connectivity index (χ4v) is 3.17. The number of fused-ring (bicyclic) bond motifs is 1. The lowest BCUT2D eigenvalue weighted by Crippen LogP contribution is -2.18. The summed E-state index contributed by atoms with van der Waals surface area (Å²) in [6.07, 6.45) is 1.71. The van der Waals surface area contributed by atoms with Crippen LogP contribution in [0.15, 0.2) is 42.6 Å². The van der Waals surface area contributed by atoms with Crippen molar-refractivity contribution in [3.8, 4) is 17.2 Å². The molecule has 0 aliphatic carbocycles. The van der Waals surface area contributed by atoms with Gasteiger partial charge in [0.1, 0.15) is 6.54 Å². The van der Waals surface area contributed by atoms with E-state index in [0.717, 1.165) is 10.9 Å². The first-order valence-electron chi connectivity index (χ1n) is 8.67. The number of nitrogens with zero attached hydrogens (tertiary/aromatic N) is 1. The van der Waals surface area contributed by atoms with E-state index in [9.17, 15) is 9.59 Å². The molecular weight excluding hydrogens is 360 g/mol. The van der Waals surface area contributed by atoms with Crippen LogP contribution in [-0.4, -0.2) is 37.6 Å². The van der Waals surface area contributed by atoms with Crippen molar-refractivity contribution >= 4 is 28.3 Å². The molecule has 0 fully saturated rings. The number of amides is 1. The highest BCUT2D eigenvalue weighted by molar-refractivity contribution is 6.07. The number of aromatic nitrogens is 1. The van der Waals surface area contributed by atoms with E-state index in [1.54, 1.807) is 22.9 Å². The van der Waals surface area contributed by atoms with E-state index in [1.807, 2.05) is 24.3 Å². The average molecular weight is 382 g/mol. The highest BCUT2D eigenvalue weighted by atomic mass is 16.5. The van der Waals surface area contributed by atoms with Crippen LogP contribution >= 0.6 is 0 Å². The van der Waals surface area contributed by atoms with Gasteiger partial charge in [0.25, 0.3) is 0 Å². The maximum atomic E-state index is 12.6. The molecule has 0 atom stereocenters. The Bertz CT molecular complexity index is 1010. The number of rotatable bonds is 7. The Labute approximate surface area is 162 Å². The molecule has 28 heavy (non-hydrogen) atoms. The van der Waals surface area contributed by atoms with Crippen molar-refractivity contribution in [1.29, 1.82) is 0 Å². The van der Waals surface area contributed by atoms with Crippen LogP contribution < -0.4 is 19.5 Å². The van der Waals surface area contributed by atoms with Gasteiger partial charge in [0, 0.05) is 40.5 Å². The Balaban J connectivity index is 1.87. The van der Waals surface area contributed by atoms with Crippen LogP contribution in [0, 0.1) is 0 Å². The highest BCUT2D eigenvalue weighted by Crippen LogP contribution is 2.39. The van der Waals surface area contributed by atoms with Crippen LogP contribution in [-0.2, 0) is 11.3 Å². The maximum absolute atomic E-state index is 12.6. The minimum Gasteiger partial charge on any atom is -0.493 e. The molecule has 0 unspecified atom stereocenters. The van der Waals surface area contributed by atoms with Crippen LogP contribution in [0.4, 0.5) is 5.69 Å². The molecule has 0 saturated carbocycles. The van der Waals surface area contributed by atoms with Crippen molar-refractivity contribution in [3.63, 3.8) is 0 Å². The molecule has 7 heteroatoms. The first kappa shape index (κ1) is 19.3. The third-order valence-corrected chi connectivity index (χ3v) is 4.43. The SMILES string of the molecule is COc1cc(NC(=O)Cn2cc(C(C)=O)c3ccccc32)cc(OC)c1OC. The first-order valence-corrected chi connectivity index (χ1v) is 8.67. The molecule has 3 rings (SSSR count). The summed E-state index contributed by atoms with van der Waals surface area (Å²) in [5, 5.41) is 3.66. The molecule has 0 aliphatic rings. The van der Waals surface area contributed by atoms with E-state index in [0.29, 0.717) is 28.5 Å². The summed E-state index contributed by atoms with van der Waals surface area (Å²) in [4.78, 5) is 24.5. The van der Waals surface area contributed by atoms with Crippen LogP contribution in [0.3, 0.4) is 0 Å². The number of methoxy groups -OCH3 is 3. The van der Waals surface area contributed by atoms with Gasteiger partial charge in [0.05, 0.1) is 21.3 Å². The number of para-hydroxylation sites is 1. The summed E-state index contributed by atoms with van der Waals surface area (Å²) in [6.45, 7) is 1.58. The molecule has 1 N–H and O–H groups in total. The normalized spacial score (nSPS) is 10.6. The van der Waals surface area contributed by atoms with Gasteiger partial charge in [-0.1, -0.05) is 18.2 Å². The smallest absolute Gasteiger partial charge is 0.244 e. The molecule has 0 aliphatic heterocycles. The first-order chi connectivity index (χ1) is 13.5. The molecule has 1 aromatic heterocycles. The number of anilines is 1. The van der Waals surface area contributed by atoms with Gasteiger partial charge < -0.3 is 24.1 Å². The minimum absolute atomic E-state index is 0.0417. The summed E-state index contributed by atoms with van der Waals surface area (Å²) < 4.78 is 17.7. The Kier molecular flexibility index (Phi) is 5.54. The van der Waals surface area contributed by atoms with Crippen molar-refractivity contribution in [3.05, 3.63) is 48.2 Å². The molecular formula is C21H22N2O5. The molecule has 1 amide bonds. The van der Waals surface area contributed by atoms with Crippen molar-refractivity contribution in [2.75, 3.05) is 26.6 Å². The number of benzene rings is 2. The lowest BCUT2D eigenvalue weighted by atomic mass is 10.1. The van der Waals surface area contributed by atoms with Gasteiger partial charge in [0.15, 0.2) is 17.3 Å². The second-order valence-electron chi connectivity index (χ2n) is 6.21. The Morgan fingerprint density at radius 2 is 1.64 bits per heavy atom. The van der Waals surface area contributed by atoms with E-state index in [4.69, 9.17) is 14.2 Å². The van der Waals surface area contributed by atoms with Gasteiger partial charge >= 0.3 is 0 Å². The molecule has 0 saturated heterocycles. The van der Waals surface area contributed by atoms with E-state index < -0.39 is 0 Å². The molecule has 0 radical (unpaired) electrons. The molecule has 1 heterocycles. The molecule has 146 valence electrons. The third-order valence-electron chi connectivity index (χ3n) is 4.43. The van der Waals surface area contributed by atoms with E-state index in [1.165, 1.54) is 28.3 Å². The summed E-state index contributed by atoms with van der Waals surface area (Å²) in [5.41, 5.74) is 1.94. The van der Waals surface area contributed by atoms with Gasteiger partial charge in [-0.3, -0.25) is 9.59 Å². The topological polar surface area (TPSA) is 78.8 Å². The number of hydrogen-bond donors (Lipinski definition) is 1. The summed E-state index contributed by atoms with van der Waals surface area (Å²) in [7, 11) is 4.54. The van der Waals surface area contributed by atoms with Crippen molar-refractivity contribution in [2.24, 2.45) is 0 Å². The number of nitrogens with one attached hydrogen (secondary N) is 1. The predicted octanol–water partition coefficient (Wildman–Crippen LogP) is 3.51. The zero-order valence-electron chi connectivity index (χ0n) is 16.2. The number of carbonyl (C=O) groups is 2. The van der Waals surface area contributed by atoms with Gasteiger partial charge in [-0.2, -0.15) is 0 Å².